The number of carbonyl (C=O) groups excluding carboxylic acids is 1. The lowest BCUT2D eigenvalue weighted by atomic mass is 10.0. The summed E-state index contributed by atoms with van der Waals surface area (Å²) in [5, 5.41) is 0. The number of epoxide rings is 1. The summed E-state index contributed by atoms with van der Waals surface area (Å²) < 4.78 is 10.2. The van der Waals surface area contributed by atoms with Crippen LogP contribution in [0, 0.1) is 0 Å². The minimum Gasteiger partial charge on any atom is -0.463 e. The third-order valence-corrected chi connectivity index (χ3v) is 5.32. The molecule has 0 radical (unpaired) electrons. The van der Waals surface area contributed by atoms with E-state index in [2.05, 4.69) is 6.92 Å². The summed E-state index contributed by atoms with van der Waals surface area (Å²) in [6, 6.07) is 0. The standard InChI is InChI=1S/C23H44O3/c1-2-3-4-5-6-7-8-9-10-11-12-13-14-15-16-17-18-19-23(24)26-21-22-20-25-22/h22H,2-21H2,1H3. The van der Waals surface area contributed by atoms with Gasteiger partial charge in [-0.2, -0.15) is 0 Å². The molecule has 3 heteroatoms. The second kappa shape index (κ2) is 17.8. The molecule has 0 amide bonds. The first-order valence-electron chi connectivity index (χ1n) is 11.6. The Bertz CT molecular complexity index is 313. The molecule has 0 bridgehead atoms. The van der Waals surface area contributed by atoms with Gasteiger partial charge in [-0.25, -0.2) is 0 Å². The molecule has 1 rings (SSSR count). The minimum absolute atomic E-state index is 0.0542. The van der Waals surface area contributed by atoms with Gasteiger partial charge in [-0.05, 0) is 6.42 Å². The summed E-state index contributed by atoms with van der Waals surface area (Å²) in [7, 11) is 0. The molecular formula is C23H44O3. The molecule has 1 fully saturated rings. The van der Waals surface area contributed by atoms with Crippen LogP contribution in [0.15, 0.2) is 0 Å². The van der Waals surface area contributed by atoms with Crippen molar-refractivity contribution in [2.75, 3.05) is 13.2 Å². The highest BCUT2D eigenvalue weighted by atomic mass is 16.6. The second-order valence-corrected chi connectivity index (χ2v) is 8.05. The lowest BCUT2D eigenvalue weighted by molar-refractivity contribution is -0.144. The Morgan fingerprint density at radius 3 is 1.50 bits per heavy atom. The van der Waals surface area contributed by atoms with E-state index in [9.17, 15) is 4.79 Å². The van der Waals surface area contributed by atoms with Gasteiger partial charge in [-0.3, -0.25) is 4.79 Å². The summed E-state index contributed by atoms with van der Waals surface area (Å²) in [5.41, 5.74) is 0. The zero-order valence-electron chi connectivity index (χ0n) is 17.4. The molecule has 1 aliphatic rings. The molecule has 0 aromatic heterocycles. The van der Waals surface area contributed by atoms with Crippen molar-refractivity contribution in [2.24, 2.45) is 0 Å². The summed E-state index contributed by atoms with van der Waals surface area (Å²) in [6.07, 6.45) is 23.9. The quantitative estimate of drug-likeness (QED) is 0.132. The molecule has 3 nitrogen and oxygen atoms in total. The largest absolute Gasteiger partial charge is 0.463 e. The predicted octanol–water partition coefficient (Wildman–Crippen LogP) is 6.97. The Morgan fingerprint density at radius 2 is 1.12 bits per heavy atom. The number of unbranched alkanes of at least 4 members (excludes halogenated alkanes) is 16. The van der Waals surface area contributed by atoms with Crippen LogP contribution in [0.25, 0.3) is 0 Å². The number of hydrogen-bond donors (Lipinski definition) is 0. The molecule has 1 unspecified atom stereocenters. The highest BCUT2D eigenvalue weighted by Crippen LogP contribution is 2.14. The van der Waals surface area contributed by atoms with E-state index in [0.717, 1.165) is 19.4 Å². The first-order valence-corrected chi connectivity index (χ1v) is 11.6. The monoisotopic (exact) mass is 368 g/mol. The van der Waals surface area contributed by atoms with Crippen LogP contribution < -0.4 is 0 Å². The predicted molar refractivity (Wildman–Crippen MR) is 109 cm³/mol. The van der Waals surface area contributed by atoms with Gasteiger partial charge in [0.05, 0.1) is 6.61 Å². The Kier molecular flexibility index (Phi) is 16.1. The van der Waals surface area contributed by atoms with E-state index in [1.165, 1.54) is 96.3 Å². The maximum atomic E-state index is 11.5. The van der Waals surface area contributed by atoms with Gasteiger partial charge in [0.2, 0.25) is 0 Å². The van der Waals surface area contributed by atoms with Gasteiger partial charge in [0.25, 0.3) is 0 Å². The van der Waals surface area contributed by atoms with Crippen molar-refractivity contribution in [1.29, 1.82) is 0 Å². The summed E-state index contributed by atoms with van der Waals surface area (Å²) >= 11 is 0. The molecule has 1 aliphatic heterocycles. The van der Waals surface area contributed by atoms with Crippen molar-refractivity contribution in [2.45, 2.75) is 129 Å². The van der Waals surface area contributed by atoms with E-state index in [0.29, 0.717) is 13.0 Å². The average molecular weight is 369 g/mol. The van der Waals surface area contributed by atoms with Crippen molar-refractivity contribution >= 4 is 5.97 Å². The molecule has 1 heterocycles. The van der Waals surface area contributed by atoms with Gasteiger partial charge < -0.3 is 9.47 Å². The average Bonchev–Trinajstić information content (AvgIpc) is 3.47. The van der Waals surface area contributed by atoms with E-state index >= 15 is 0 Å². The zero-order chi connectivity index (χ0) is 18.7. The SMILES string of the molecule is CCCCCCCCCCCCCCCCCCCC(=O)OCC1CO1. The van der Waals surface area contributed by atoms with Crippen LogP contribution in [0.5, 0.6) is 0 Å². The van der Waals surface area contributed by atoms with Gasteiger partial charge in [0.15, 0.2) is 0 Å². The molecule has 0 N–H and O–H groups in total. The fourth-order valence-electron chi connectivity index (χ4n) is 3.42. The molecule has 1 atom stereocenters. The lowest BCUT2D eigenvalue weighted by Crippen LogP contribution is -2.09. The Labute approximate surface area is 162 Å². The van der Waals surface area contributed by atoms with Crippen LogP contribution >= 0.6 is 0 Å². The molecule has 0 saturated carbocycles. The third-order valence-electron chi connectivity index (χ3n) is 5.32. The van der Waals surface area contributed by atoms with E-state index in [1.54, 1.807) is 0 Å². The molecule has 154 valence electrons. The Hall–Kier alpha value is -0.570. The van der Waals surface area contributed by atoms with Gasteiger partial charge in [0.1, 0.15) is 12.7 Å². The van der Waals surface area contributed by atoms with Crippen molar-refractivity contribution in [3.8, 4) is 0 Å². The van der Waals surface area contributed by atoms with Gasteiger partial charge >= 0.3 is 5.97 Å². The fourth-order valence-corrected chi connectivity index (χ4v) is 3.42. The van der Waals surface area contributed by atoms with E-state index in [-0.39, 0.29) is 12.1 Å². The van der Waals surface area contributed by atoms with Crippen molar-refractivity contribution in [3.05, 3.63) is 0 Å². The number of ether oxygens (including phenoxy) is 2. The Morgan fingerprint density at radius 1 is 0.731 bits per heavy atom. The molecule has 0 spiro atoms. The number of carbonyl (C=O) groups is 1. The summed E-state index contributed by atoms with van der Waals surface area (Å²) in [4.78, 5) is 11.5. The molecule has 0 aromatic rings. The fraction of sp³-hybridized carbons (Fsp3) is 0.957. The number of esters is 1. The maximum Gasteiger partial charge on any atom is 0.305 e. The van der Waals surface area contributed by atoms with Crippen molar-refractivity contribution < 1.29 is 14.3 Å². The van der Waals surface area contributed by atoms with E-state index in [4.69, 9.17) is 9.47 Å². The summed E-state index contributed by atoms with van der Waals surface area (Å²) in [6.45, 7) is 3.50. The van der Waals surface area contributed by atoms with Gasteiger partial charge in [-0.1, -0.05) is 110 Å². The molecule has 0 aliphatic carbocycles. The van der Waals surface area contributed by atoms with Crippen LogP contribution in [-0.4, -0.2) is 25.3 Å². The van der Waals surface area contributed by atoms with Crippen molar-refractivity contribution in [1.82, 2.24) is 0 Å². The maximum absolute atomic E-state index is 11.5. The van der Waals surface area contributed by atoms with E-state index in [1.807, 2.05) is 0 Å². The van der Waals surface area contributed by atoms with Crippen LogP contribution in [0.2, 0.25) is 0 Å². The summed E-state index contributed by atoms with van der Waals surface area (Å²) in [5.74, 6) is -0.0542. The Balaban J connectivity index is 1.65. The van der Waals surface area contributed by atoms with Crippen LogP contribution in [0.4, 0.5) is 0 Å². The minimum atomic E-state index is -0.0542. The van der Waals surface area contributed by atoms with E-state index < -0.39 is 0 Å². The first kappa shape index (κ1) is 23.5. The zero-order valence-corrected chi connectivity index (χ0v) is 17.4. The highest BCUT2D eigenvalue weighted by Gasteiger charge is 2.23. The topological polar surface area (TPSA) is 38.8 Å². The smallest absolute Gasteiger partial charge is 0.305 e. The van der Waals surface area contributed by atoms with Crippen molar-refractivity contribution in [3.63, 3.8) is 0 Å². The number of rotatable bonds is 20. The lowest BCUT2D eigenvalue weighted by Gasteiger charge is -2.04. The molecule has 26 heavy (non-hydrogen) atoms. The third kappa shape index (κ3) is 16.9. The molecule has 0 aromatic carbocycles. The van der Waals surface area contributed by atoms with Crippen LogP contribution in [-0.2, 0) is 14.3 Å². The first-order chi connectivity index (χ1) is 12.8. The van der Waals surface area contributed by atoms with Crippen LogP contribution in [0.3, 0.4) is 0 Å². The number of hydrogen-bond acceptors (Lipinski definition) is 3. The van der Waals surface area contributed by atoms with Gasteiger partial charge in [0, 0.05) is 6.42 Å². The van der Waals surface area contributed by atoms with Gasteiger partial charge in [-0.15, -0.1) is 0 Å². The highest BCUT2D eigenvalue weighted by molar-refractivity contribution is 5.69. The normalized spacial score (nSPS) is 16.0. The molecular weight excluding hydrogens is 324 g/mol. The van der Waals surface area contributed by atoms with Crippen LogP contribution in [0.1, 0.15) is 122 Å². The molecule has 1 saturated heterocycles. The second-order valence-electron chi connectivity index (χ2n) is 8.05.